The Kier molecular flexibility index (Phi) is 5.34. The molecule has 0 radical (unpaired) electrons. The van der Waals surface area contributed by atoms with Gasteiger partial charge in [0.05, 0.1) is 6.10 Å². The topological polar surface area (TPSA) is 84.1 Å². The molecule has 5 heteroatoms. The van der Waals surface area contributed by atoms with Crippen LogP contribution in [-0.4, -0.2) is 27.7 Å². The molecule has 0 aliphatic heterocycles. The molecule has 0 aliphatic carbocycles. The van der Waals surface area contributed by atoms with Gasteiger partial charge in [-0.2, -0.15) is 0 Å². The van der Waals surface area contributed by atoms with E-state index in [0.717, 1.165) is 12.0 Å². The predicted molar refractivity (Wildman–Crippen MR) is 83.8 cm³/mol. The van der Waals surface area contributed by atoms with Crippen molar-refractivity contribution in [2.45, 2.75) is 59.5 Å². The summed E-state index contributed by atoms with van der Waals surface area (Å²) in [5, 5.41) is 13.1. The highest BCUT2D eigenvalue weighted by molar-refractivity contribution is 5.55. The quantitative estimate of drug-likeness (QED) is 0.771. The first-order valence-corrected chi connectivity index (χ1v) is 7.17. The lowest BCUT2D eigenvalue weighted by molar-refractivity contribution is 0.161. The van der Waals surface area contributed by atoms with Gasteiger partial charge >= 0.3 is 0 Å². The van der Waals surface area contributed by atoms with E-state index in [2.05, 4.69) is 49.9 Å². The van der Waals surface area contributed by atoms with Crippen LogP contribution in [-0.2, 0) is 5.41 Å². The van der Waals surface area contributed by atoms with E-state index < -0.39 is 0 Å². The minimum atomic E-state index is -0.385. The molecule has 1 unspecified atom stereocenters. The van der Waals surface area contributed by atoms with Crippen LogP contribution in [0.3, 0.4) is 0 Å². The van der Waals surface area contributed by atoms with E-state index in [-0.39, 0.29) is 11.5 Å². The van der Waals surface area contributed by atoms with Gasteiger partial charge in [-0.05, 0) is 19.3 Å². The molecule has 4 N–H and O–H groups in total. The van der Waals surface area contributed by atoms with Crippen LogP contribution < -0.4 is 11.1 Å². The van der Waals surface area contributed by atoms with E-state index >= 15 is 0 Å². The molecule has 1 rings (SSSR count). The largest absolute Gasteiger partial charge is 0.391 e. The van der Waals surface area contributed by atoms with Crippen LogP contribution in [0.15, 0.2) is 0 Å². The minimum absolute atomic E-state index is 0.158. The van der Waals surface area contributed by atoms with E-state index in [1.165, 1.54) is 0 Å². The van der Waals surface area contributed by atoms with E-state index in [1.807, 2.05) is 6.92 Å². The second-order valence-corrected chi connectivity index (χ2v) is 6.82. The number of aliphatic hydroxyl groups excluding tert-OH is 1. The number of nitrogen functional groups attached to an aromatic ring is 1. The smallest absolute Gasteiger partial charge is 0.138 e. The van der Waals surface area contributed by atoms with Gasteiger partial charge in [-0.25, -0.2) is 9.97 Å². The van der Waals surface area contributed by atoms with Crippen molar-refractivity contribution in [1.29, 1.82) is 0 Å². The Morgan fingerprint density at radius 1 is 1.25 bits per heavy atom. The van der Waals surface area contributed by atoms with Crippen LogP contribution in [0.25, 0.3) is 0 Å². The number of aromatic nitrogens is 2. The molecule has 1 atom stereocenters. The summed E-state index contributed by atoms with van der Waals surface area (Å²) in [6, 6.07) is 0. The van der Waals surface area contributed by atoms with E-state index in [9.17, 15) is 5.11 Å². The summed E-state index contributed by atoms with van der Waals surface area (Å²) in [6.45, 7) is 12.7. The van der Waals surface area contributed by atoms with Crippen molar-refractivity contribution in [2.24, 2.45) is 5.92 Å². The maximum Gasteiger partial charge on any atom is 0.138 e. The standard InChI is InChI=1S/C15H28N4O/c1-9(2)7-11(20)8-17-13-10(3)12(16)18-14(19-13)15(4,5)6/h9,11,20H,7-8H2,1-6H3,(H3,16,17,18,19). The van der Waals surface area contributed by atoms with Crippen LogP contribution >= 0.6 is 0 Å². The molecular weight excluding hydrogens is 252 g/mol. The lowest BCUT2D eigenvalue weighted by Gasteiger charge is -2.21. The van der Waals surface area contributed by atoms with Gasteiger partial charge in [0.25, 0.3) is 0 Å². The number of aliphatic hydroxyl groups is 1. The molecule has 0 bridgehead atoms. The van der Waals surface area contributed by atoms with E-state index in [1.54, 1.807) is 0 Å². The first kappa shape index (κ1) is 16.7. The Morgan fingerprint density at radius 3 is 2.35 bits per heavy atom. The van der Waals surface area contributed by atoms with Crippen molar-refractivity contribution in [3.8, 4) is 0 Å². The minimum Gasteiger partial charge on any atom is -0.391 e. The van der Waals surface area contributed by atoms with Gasteiger partial charge < -0.3 is 16.2 Å². The maximum atomic E-state index is 9.93. The van der Waals surface area contributed by atoms with Crippen LogP contribution in [0.2, 0.25) is 0 Å². The monoisotopic (exact) mass is 280 g/mol. The Hall–Kier alpha value is -1.36. The molecule has 114 valence electrons. The first-order valence-electron chi connectivity index (χ1n) is 7.17. The fourth-order valence-electron chi connectivity index (χ4n) is 1.88. The fourth-order valence-corrected chi connectivity index (χ4v) is 1.88. The highest BCUT2D eigenvalue weighted by atomic mass is 16.3. The zero-order chi connectivity index (χ0) is 15.5. The molecule has 0 aliphatic rings. The van der Waals surface area contributed by atoms with Crippen molar-refractivity contribution in [3.63, 3.8) is 0 Å². The normalized spacial score (nSPS) is 13.6. The Bertz CT molecular complexity index is 452. The molecule has 1 aromatic rings. The number of anilines is 2. The lowest BCUT2D eigenvalue weighted by atomic mass is 9.95. The number of rotatable bonds is 5. The fraction of sp³-hybridized carbons (Fsp3) is 0.733. The van der Waals surface area contributed by atoms with E-state index in [0.29, 0.717) is 29.9 Å². The highest BCUT2D eigenvalue weighted by Gasteiger charge is 2.20. The number of nitrogens with zero attached hydrogens (tertiary/aromatic N) is 2. The van der Waals surface area contributed by atoms with Gasteiger partial charge in [0, 0.05) is 17.5 Å². The maximum absolute atomic E-state index is 9.93. The molecule has 0 fully saturated rings. The molecule has 0 saturated carbocycles. The summed E-state index contributed by atoms with van der Waals surface area (Å²) < 4.78 is 0. The van der Waals surface area contributed by atoms with Gasteiger partial charge in [0.1, 0.15) is 17.5 Å². The molecule has 0 saturated heterocycles. The number of nitrogens with two attached hydrogens (primary N) is 1. The molecule has 1 heterocycles. The van der Waals surface area contributed by atoms with Crippen LogP contribution in [0.5, 0.6) is 0 Å². The summed E-state index contributed by atoms with van der Waals surface area (Å²) in [7, 11) is 0. The molecular formula is C15H28N4O. The van der Waals surface area contributed by atoms with Gasteiger partial charge in [-0.3, -0.25) is 0 Å². The molecule has 0 aromatic carbocycles. The van der Waals surface area contributed by atoms with Crippen molar-refractivity contribution < 1.29 is 5.11 Å². The first-order chi connectivity index (χ1) is 9.11. The Balaban J connectivity index is 2.87. The predicted octanol–water partition coefficient (Wildman–Crippen LogP) is 2.48. The highest BCUT2D eigenvalue weighted by Crippen LogP contribution is 2.24. The van der Waals surface area contributed by atoms with Crippen LogP contribution in [0.4, 0.5) is 11.6 Å². The summed E-state index contributed by atoms with van der Waals surface area (Å²) in [5.41, 5.74) is 6.62. The second-order valence-electron chi connectivity index (χ2n) is 6.82. The molecule has 1 aromatic heterocycles. The second kappa shape index (κ2) is 6.39. The SMILES string of the molecule is Cc1c(N)nc(C(C)(C)C)nc1NCC(O)CC(C)C. The number of hydrogen-bond donors (Lipinski definition) is 3. The third kappa shape index (κ3) is 4.63. The van der Waals surface area contributed by atoms with Crippen molar-refractivity contribution >= 4 is 11.6 Å². The van der Waals surface area contributed by atoms with Crippen molar-refractivity contribution in [2.75, 3.05) is 17.6 Å². The molecule has 5 nitrogen and oxygen atoms in total. The lowest BCUT2D eigenvalue weighted by Crippen LogP contribution is -2.24. The average molecular weight is 280 g/mol. The third-order valence-corrected chi connectivity index (χ3v) is 3.10. The third-order valence-electron chi connectivity index (χ3n) is 3.10. The van der Waals surface area contributed by atoms with Crippen LogP contribution in [0, 0.1) is 12.8 Å². The van der Waals surface area contributed by atoms with Gasteiger partial charge in [-0.15, -0.1) is 0 Å². The molecule has 0 amide bonds. The van der Waals surface area contributed by atoms with Crippen molar-refractivity contribution in [3.05, 3.63) is 11.4 Å². The number of nitrogens with one attached hydrogen (secondary N) is 1. The zero-order valence-corrected chi connectivity index (χ0v) is 13.5. The van der Waals surface area contributed by atoms with Crippen LogP contribution in [0.1, 0.15) is 52.4 Å². The van der Waals surface area contributed by atoms with Gasteiger partial charge in [0.2, 0.25) is 0 Å². The van der Waals surface area contributed by atoms with Crippen molar-refractivity contribution in [1.82, 2.24) is 9.97 Å². The van der Waals surface area contributed by atoms with E-state index in [4.69, 9.17) is 5.73 Å². The summed E-state index contributed by atoms with van der Waals surface area (Å²) in [6.07, 6.45) is 0.377. The molecule has 0 spiro atoms. The summed E-state index contributed by atoms with van der Waals surface area (Å²) >= 11 is 0. The summed E-state index contributed by atoms with van der Waals surface area (Å²) in [4.78, 5) is 8.89. The zero-order valence-electron chi connectivity index (χ0n) is 13.5. The van der Waals surface area contributed by atoms with Gasteiger partial charge in [0.15, 0.2) is 0 Å². The molecule has 20 heavy (non-hydrogen) atoms. The van der Waals surface area contributed by atoms with Gasteiger partial charge in [-0.1, -0.05) is 34.6 Å². The number of hydrogen-bond acceptors (Lipinski definition) is 5. The average Bonchev–Trinajstić information content (AvgIpc) is 2.28. The summed E-state index contributed by atoms with van der Waals surface area (Å²) in [5.74, 6) is 2.38. The Morgan fingerprint density at radius 2 is 1.85 bits per heavy atom. The Labute approximate surface area is 122 Å².